The number of rotatable bonds is 5. The van der Waals surface area contributed by atoms with Gasteiger partial charge in [0.15, 0.2) is 5.13 Å². The minimum absolute atomic E-state index is 0.126. The maximum absolute atomic E-state index is 13.5. The summed E-state index contributed by atoms with van der Waals surface area (Å²) in [5.41, 5.74) is 5.85. The van der Waals surface area contributed by atoms with Crippen LogP contribution in [0.25, 0.3) is 11.3 Å². The Balaban J connectivity index is 1.75. The summed E-state index contributed by atoms with van der Waals surface area (Å²) in [6.45, 7) is 7.63. The fraction of sp³-hybridized carbons (Fsp3) is 0.208. The number of benzene rings is 2. The topological polar surface area (TPSA) is 59.2 Å². The molecule has 31 heavy (non-hydrogen) atoms. The predicted molar refractivity (Wildman–Crippen MR) is 120 cm³/mol. The molecular weight excluding hydrogens is 413 g/mol. The van der Waals surface area contributed by atoms with Crippen molar-refractivity contribution in [3.8, 4) is 11.3 Å². The fourth-order valence-electron chi connectivity index (χ4n) is 3.55. The Bertz CT molecular complexity index is 1200. The van der Waals surface area contributed by atoms with Gasteiger partial charge in [0.05, 0.1) is 23.5 Å². The van der Waals surface area contributed by atoms with E-state index in [1.165, 1.54) is 23.5 Å². The van der Waals surface area contributed by atoms with Crippen molar-refractivity contribution in [2.24, 2.45) is 0 Å². The number of anilines is 2. The summed E-state index contributed by atoms with van der Waals surface area (Å²) in [6.07, 6.45) is 0.152. The standard InChI is InChI=1S/C24H22FN3O2S/c1-14-9-15(2)11-20(10-14)28(23(29)12-21-16(3)27-30-17(21)4)24-26-22(13-31-24)18-5-7-19(25)8-6-18/h5-11,13H,12H2,1-4H3. The second-order valence-corrected chi connectivity index (χ2v) is 8.41. The average Bonchev–Trinajstić information content (AvgIpc) is 3.31. The van der Waals surface area contributed by atoms with E-state index in [1.54, 1.807) is 24.0 Å². The van der Waals surface area contributed by atoms with Gasteiger partial charge in [-0.05, 0) is 75.2 Å². The highest BCUT2D eigenvalue weighted by Gasteiger charge is 2.25. The lowest BCUT2D eigenvalue weighted by Gasteiger charge is -2.21. The van der Waals surface area contributed by atoms with E-state index in [2.05, 4.69) is 11.2 Å². The lowest BCUT2D eigenvalue weighted by molar-refractivity contribution is -0.117. The highest BCUT2D eigenvalue weighted by molar-refractivity contribution is 7.14. The second-order valence-electron chi connectivity index (χ2n) is 7.58. The smallest absolute Gasteiger partial charge is 0.237 e. The van der Waals surface area contributed by atoms with Gasteiger partial charge in [0.1, 0.15) is 11.6 Å². The number of amides is 1. The van der Waals surface area contributed by atoms with Crippen LogP contribution in [0.4, 0.5) is 15.2 Å². The first-order valence-electron chi connectivity index (χ1n) is 9.86. The summed E-state index contributed by atoms with van der Waals surface area (Å²) in [5.74, 6) is 0.211. The maximum atomic E-state index is 13.5. The Hall–Kier alpha value is -3.32. The highest BCUT2D eigenvalue weighted by atomic mass is 32.1. The summed E-state index contributed by atoms with van der Waals surface area (Å²) in [7, 11) is 0. The van der Waals surface area contributed by atoms with E-state index in [0.717, 1.165) is 27.9 Å². The molecule has 4 aromatic rings. The molecule has 0 saturated heterocycles. The lowest BCUT2D eigenvalue weighted by Crippen LogP contribution is -2.28. The molecule has 158 valence electrons. The van der Waals surface area contributed by atoms with Crippen molar-refractivity contribution in [2.45, 2.75) is 34.1 Å². The van der Waals surface area contributed by atoms with Crippen molar-refractivity contribution in [3.63, 3.8) is 0 Å². The van der Waals surface area contributed by atoms with E-state index < -0.39 is 0 Å². The molecule has 1 amide bonds. The number of carbonyl (C=O) groups is 1. The van der Waals surface area contributed by atoms with Crippen LogP contribution in [0.15, 0.2) is 52.4 Å². The van der Waals surface area contributed by atoms with E-state index in [9.17, 15) is 9.18 Å². The molecule has 4 rings (SSSR count). The molecule has 0 aliphatic heterocycles. The van der Waals surface area contributed by atoms with Crippen molar-refractivity contribution in [2.75, 3.05) is 4.90 Å². The zero-order valence-corrected chi connectivity index (χ0v) is 18.6. The van der Waals surface area contributed by atoms with Gasteiger partial charge in [-0.25, -0.2) is 9.37 Å². The predicted octanol–water partition coefficient (Wildman–Crippen LogP) is 6.08. The van der Waals surface area contributed by atoms with Crippen LogP contribution in [0.2, 0.25) is 0 Å². The molecule has 5 nitrogen and oxygen atoms in total. The zero-order chi connectivity index (χ0) is 22.1. The number of thiazole rings is 1. The van der Waals surface area contributed by atoms with Gasteiger partial charge >= 0.3 is 0 Å². The van der Waals surface area contributed by atoms with E-state index in [4.69, 9.17) is 9.51 Å². The summed E-state index contributed by atoms with van der Waals surface area (Å²) < 4.78 is 18.5. The third-order valence-electron chi connectivity index (χ3n) is 5.05. The van der Waals surface area contributed by atoms with Gasteiger partial charge in [0.2, 0.25) is 5.91 Å². The molecule has 0 unspecified atom stereocenters. The molecule has 2 aromatic carbocycles. The second kappa shape index (κ2) is 8.43. The summed E-state index contributed by atoms with van der Waals surface area (Å²) in [4.78, 5) is 19.8. The molecule has 0 atom stereocenters. The molecule has 0 radical (unpaired) electrons. The van der Waals surface area contributed by atoms with Gasteiger partial charge in [0.25, 0.3) is 0 Å². The molecule has 0 bridgehead atoms. The first-order chi connectivity index (χ1) is 14.8. The maximum Gasteiger partial charge on any atom is 0.237 e. The van der Waals surface area contributed by atoms with Crippen LogP contribution in [0, 0.1) is 33.5 Å². The van der Waals surface area contributed by atoms with E-state index >= 15 is 0 Å². The Morgan fingerprint density at radius 2 is 1.74 bits per heavy atom. The van der Waals surface area contributed by atoms with Crippen molar-refractivity contribution in [1.82, 2.24) is 10.1 Å². The van der Waals surface area contributed by atoms with Gasteiger partial charge in [-0.15, -0.1) is 11.3 Å². The molecule has 0 saturated carbocycles. The molecule has 0 spiro atoms. The summed E-state index contributed by atoms with van der Waals surface area (Å²) >= 11 is 1.37. The SMILES string of the molecule is Cc1cc(C)cc(N(C(=O)Cc2c(C)noc2C)c2nc(-c3ccc(F)cc3)cs2)c1. The number of aromatic nitrogens is 2. The van der Waals surface area contributed by atoms with Crippen molar-refractivity contribution in [3.05, 3.63) is 81.8 Å². The molecule has 0 fully saturated rings. The number of carbonyl (C=O) groups excluding carboxylic acids is 1. The average molecular weight is 436 g/mol. The summed E-state index contributed by atoms with van der Waals surface area (Å²) in [5, 5.41) is 6.40. The Labute approximate surface area is 184 Å². The van der Waals surface area contributed by atoms with Crippen LogP contribution in [-0.2, 0) is 11.2 Å². The van der Waals surface area contributed by atoms with Crippen LogP contribution in [-0.4, -0.2) is 16.0 Å². The minimum atomic E-state index is -0.300. The first kappa shape index (κ1) is 20.9. The van der Waals surface area contributed by atoms with Gasteiger partial charge in [-0.1, -0.05) is 11.2 Å². The Kier molecular flexibility index (Phi) is 5.69. The van der Waals surface area contributed by atoms with Gasteiger partial charge < -0.3 is 4.52 Å². The van der Waals surface area contributed by atoms with Gasteiger partial charge in [-0.3, -0.25) is 9.69 Å². The first-order valence-corrected chi connectivity index (χ1v) is 10.7. The Morgan fingerprint density at radius 3 is 2.35 bits per heavy atom. The zero-order valence-electron chi connectivity index (χ0n) is 17.8. The molecule has 7 heteroatoms. The van der Waals surface area contributed by atoms with Crippen LogP contribution < -0.4 is 4.90 Å². The number of hydrogen-bond donors (Lipinski definition) is 0. The van der Waals surface area contributed by atoms with Crippen LogP contribution >= 0.6 is 11.3 Å². The Morgan fingerprint density at radius 1 is 1.06 bits per heavy atom. The lowest BCUT2D eigenvalue weighted by atomic mass is 10.1. The van der Waals surface area contributed by atoms with Crippen molar-refractivity contribution < 1.29 is 13.7 Å². The third kappa shape index (κ3) is 4.41. The highest BCUT2D eigenvalue weighted by Crippen LogP contribution is 2.34. The van der Waals surface area contributed by atoms with Crippen LogP contribution in [0.1, 0.15) is 28.1 Å². The largest absolute Gasteiger partial charge is 0.361 e. The van der Waals surface area contributed by atoms with Gasteiger partial charge in [-0.2, -0.15) is 0 Å². The van der Waals surface area contributed by atoms with Crippen molar-refractivity contribution >= 4 is 28.1 Å². The number of nitrogens with zero attached hydrogens (tertiary/aromatic N) is 3. The number of aryl methyl sites for hydroxylation is 4. The van der Waals surface area contributed by atoms with Gasteiger partial charge in [0, 0.05) is 16.5 Å². The molecule has 0 N–H and O–H groups in total. The van der Waals surface area contributed by atoms with Crippen LogP contribution in [0.3, 0.4) is 0 Å². The number of halogens is 1. The molecular formula is C24H22FN3O2S. The summed E-state index contributed by atoms with van der Waals surface area (Å²) in [6, 6.07) is 12.2. The normalized spacial score (nSPS) is 11.0. The van der Waals surface area contributed by atoms with E-state index in [0.29, 0.717) is 22.3 Å². The minimum Gasteiger partial charge on any atom is -0.361 e. The molecule has 2 heterocycles. The molecule has 0 aliphatic rings. The van der Waals surface area contributed by atoms with Crippen molar-refractivity contribution in [1.29, 1.82) is 0 Å². The monoisotopic (exact) mass is 435 g/mol. The molecule has 2 aromatic heterocycles. The number of hydrogen-bond acceptors (Lipinski definition) is 5. The third-order valence-corrected chi connectivity index (χ3v) is 5.87. The van der Waals surface area contributed by atoms with E-state index in [1.807, 2.05) is 38.3 Å². The molecule has 0 aliphatic carbocycles. The fourth-order valence-corrected chi connectivity index (χ4v) is 4.42. The van der Waals surface area contributed by atoms with Crippen LogP contribution in [0.5, 0.6) is 0 Å². The van der Waals surface area contributed by atoms with E-state index in [-0.39, 0.29) is 18.1 Å². The quantitative estimate of drug-likeness (QED) is 0.381.